The van der Waals surface area contributed by atoms with Crippen LogP contribution in [0.5, 0.6) is 0 Å². The van der Waals surface area contributed by atoms with Gasteiger partial charge in [-0.15, -0.1) is 0 Å². The quantitative estimate of drug-likeness (QED) is 0.308. The number of nitrogens with one attached hydrogen (secondary N) is 3. The van der Waals surface area contributed by atoms with Crippen LogP contribution in [0.2, 0.25) is 0 Å². The predicted octanol–water partition coefficient (Wildman–Crippen LogP) is 2.04. The third-order valence-electron chi connectivity index (χ3n) is 4.05. The molecule has 0 radical (unpaired) electrons. The average Bonchev–Trinajstić information content (AvgIpc) is 2.68. The molecule has 0 saturated carbocycles. The molecule has 0 aliphatic heterocycles. The van der Waals surface area contributed by atoms with E-state index in [1.807, 2.05) is 19.9 Å². The average molecular weight is 443 g/mol. The van der Waals surface area contributed by atoms with Gasteiger partial charge in [0, 0.05) is 0 Å². The zero-order chi connectivity index (χ0) is 22.7. The molecule has 168 valence electrons. The number of hydrogen-bond acceptors (Lipinski definition) is 5. The van der Waals surface area contributed by atoms with Gasteiger partial charge < -0.3 is 25.4 Å². The van der Waals surface area contributed by atoms with Crippen LogP contribution in [0.4, 0.5) is 4.79 Å². The Balaban J connectivity index is 2.55. The number of carboxylic acids is 1. The van der Waals surface area contributed by atoms with E-state index in [-0.39, 0.29) is 25.4 Å². The molecule has 1 aromatic carbocycles. The molecule has 10 nitrogen and oxygen atoms in total. The van der Waals surface area contributed by atoms with Gasteiger partial charge >= 0.3 is 12.1 Å². The predicted molar refractivity (Wildman–Crippen MR) is 111 cm³/mol. The topological polar surface area (TPSA) is 154 Å². The van der Waals surface area contributed by atoms with Crippen LogP contribution in [0.3, 0.4) is 0 Å². The van der Waals surface area contributed by atoms with Crippen molar-refractivity contribution in [3.8, 4) is 0 Å². The zero-order valence-corrected chi connectivity index (χ0v) is 18.2. The number of carbonyl (C=O) groups excluding carboxylic acids is 2. The summed E-state index contributed by atoms with van der Waals surface area (Å²) in [6.45, 7) is 5.25. The Bertz CT molecular complexity index is 758. The maximum atomic E-state index is 12.4. The van der Waals surface area contributed by atoms with Gasteiger partial charge in [0.1, 0.15) is 18.9 Å². The summed E-state index contributed by atoms with van der Waals surface area (Å²) in [7, 11) is -4.13. The smallest absolute Gasteiger partial charge is 0.407 e. The van der Waals surface area contributed by atoms with Crippen molar-refractivity contribution < 1.29 is 33.7 Å². The lowest BCUT2D eigenvalue weighted by Crippen LogP contribution is -2.50. The lowest BCUT2D eigenvalue weighted by molar-refractivity contribution is -0.142. The summed E-state index contributed by atoms with van der Waals surface area (Å²) in [6.07, 6.45) is -1.17. The highest BCUT2D eigenvalue weighted by molar-refractivity contribution is 7.55. The lowest BCUT2D eigenvalue weighted by Gasteiger charge is -2.23. The number of ether oxygens (including phenoxy) is 1. The largest absolute Gasteiger partial charge is 0.480 e. The van der Waals surface area contributed by atoms with Gasteiger partial charge in [-0.25, -0.2) is 14.7 Å². The summed E-state index contributed by atoms with van der Waals surface area (Å²) in [5.41, 5.74) is 0.759. The Morgan fingerprint density at radius 1 is 1.13 bits per heavy atom. The number of hydrogen-bond donors (Lipinski definition) is 5. The first-order valence-electron chi connectivity index (χ1n) is 9.61. The molecular formula is C19H30N3O7P. The van der Waals surface area contributed by atoms with Gasteiger partial charge in [0.25, 0.3) is 7.52 Å². The Hall–Kier alpha value is -2.42. The summed E-state index contributed by atoms with van der Waals surface area (Å²) in [6, 6.07) is 6.72. The van der Waals surface area contributed by atoms with E-state index in [4.69, 9.17) is 4.74 Å². The van der Waals surface area contributed by atoms with Crippen LogP contribution < -0.4 is 15.7 Å². The lowest BCUT2D eigenvalue weighted by atomic mass is 10.0. The van der Waals surface area contributed by atoms with Crippen LogP contribution in [0.1, 0.15) is 39.2 Å². The Morgan fingerprint density at radius 2 is 1.77 bits per heavy atom. The highest BCUT2D eigenvalue weighted by Crippen LogP contribution is 2.34. The maximum Gasteiger partial charge on any atom is 0.407 e. The van der Waals surface area contributed by atoms with Crippen molar-refractivity contribution in [3.63, 3.8) is 0 Å². The first kappa shape index (κ1) is 25.6. The standard InChI is InChI=1S/C19H30N3O7P/c1-4-15(17(23)21-16(18(24)25)10-13(2)3)22-30(27,28)12-20-19(26)29-11-14-8-6-5-7-9-14/h5-9,13,15-16H,4,10-12H2,1-3H3,(H,20,26)(H,21,23)(H,24,25)(H2,22,27,28)/t15-,16-/m0/s1. The van der Waals surface area contributed by atoms with Crippen molar-refractivity contribution in [1.82, 2.24) is 15.7 Å². The van der Waals surface area contributed by atoms with Gasteiger partial charge in [-0.05, 0) is 24.3 Å². The van der Waals surface area contributed by atoms with Crippen molar-refractivity contribution in [3.05, 3.63) is 35.9 Å². The fourth-order valence-corrected chi connectivity index (χ4v) is 3.76. The normalized spacial score (nSPS) is 15.0. The van der Waals surface area contributed by atoms with Crippen molar-refractivity contribution >= 4 is 25.5 Å². The first-order valence-corrected chi connectivity index (χ1v) is 11.5. The van der Waals surface area contributed by atoms with Crippen LogP contribution in [-0.2, 0) is 25.5 Å². The molecule has 11 heteroatoms. The van der Waals surface area contributed by atoms with Crippen molar-refractivity contribution in [1.29, 1.82) is 0 Å². The molecular weight excluding hydrogens is 413 g/mol. The van der Waals surface area contributed by atoms with Crippen molar-refractivity contribution in [2.75, 3.05) is 6.29 Å². The van der Waals surface area contributed by atoms with E-state index >= 15 is 0 Å². The van der Waals surface area contributed by atoms with E-state index in [1.165, 1.54) is 0 Å². The summed E-state index contributed by atoms with van der Waals surface area (Å²) >= 11 is 0. The van der Waals surface area contributed by atoms with Crippen LogP contribution in [0.15, 0.2) is 30.3 Å². The maximum absolute atomic E-state index is 12.4. The van der Waals surface area contributed by atoms with E-state index < -0.39 is 43.9 Å². The number of carbonyl (C=O) groups is 3. The second-order valence-corrected chi connectivity index (χ2v) is 9.19. The van der Waals surface area contributed by atoms with Crippen LogP contribution in [0.25, 0.3) is 0 Å². The van der Waals surface area contributed by atoms with Crippen LogP contribution in [0, 0.1) is 5.92 Å². The van der Waals surface area contributed by atoms with Gasteiger partial charge in [-0.1, -0.05) is 51.1 Å². The fourth-order valence-electron chi connectivity index (χ4n) is 2.54. The molecule has 3 atom stereocenters. The number of amides is 2. The molecule has 0 heterocycles. The summed E-state index contributed by atoms with van der Waals surface area (Å²) < 4.78 is 17.3. The van der Waals surface area contributed by atoms with E-state index in [1.54, 1.807) is 31.2 Å². The summed E-state index contributed by atoms with van der Waals surface area (Å²) in [5, 5.41) is 16.1. The molecule has 0 spiro atoms. The molecule has 0 aromatic heterocycles. The Morgan fingerprint density at radius 3 is 2.30 bits per heavy atom. The molecule has 0 aliphatic rings. The zero-order valence-electron chi connectivity index (χ0n) is 17.3. The Kier molecular flexibility index (Phi) is 10.5. The van der Waals surface area contributed by atoms with Crippen LogP contribution >= 0.6 is 7.52 Å². The SMILES string of the molecule is CC[C@H](NP(=O)(O)CNC(=O)OCc1ccccc1)C(=O)N[C@@H](CC(C)C)C(=O)O. The Labute approximate surface area is 175 Å². The number of benzene rings is 1. The minimum Gasteiger partial charge on any atom is -0.480 e. The van der Waals surface area contributed by atoms with Gasteiger partial charge in [0.15, 0.2) is 0 Å². The molecule has 0 fully saturated rings. The minimum absolute atomic E-state index is 0.00223. The van der Waals surface area contributed by atoms with Gasteiger partial charge in [0.05, 0.1) is 6.04 Å². The third kappa shape index (κ3) is 9.87. The first-order chi connectivity index (χ1) is 14.0. The van der Waals surface area contributed by atoms with E-state index in [9.17, 15) is 28.9 Å². The summed E-state index contributed by atoms with van der Waals surface area (Å²) in [5.74, 6) is -1.84. The highest BCUT2D eigenvalue weighted by atomic mass is 31.2. The third-order valence-corrected chi connectivity index (χ3v) is 5.36. The van der Waals surface area contributed by atoms with E-state index in [2.05, 4.69) is 15.7 Å². The van der Waals surface area contributed by atoms with Crippen molar-refractivity contribution in [2.45, 2.75) is 52.3 Å². The number of aliphatic carboxylic acids is 1. The fraction of sp³-hybridized carbons (Fsp3) is 0.526. The summed E-state index contributed by atoms with van der Waals surface area (Å²) in [4.78, 5) is 45.5. The number of rotatable bonds is 12. The monoisotopic (exact) mass is 443 g/mol. The second kappa shape index (κ2) is 12.3. The van der Waals surface area contributed by atoms with E-state index in [0.717, 1.165) is 5.56 Å². The number of alkyl carbamates (subject to hydrolysis) is 1. The van der Waals surface area contributed by atoms with Gasteiger partial charge in [-0.2, -0.15) is 0 Å². The minimum atomic E-state index is -4.13. The number of carboxylic acid groups (broad SMARTS) is 1. The molecule has 1 aromatic rings. The molecule has 1 rings (SSSR count). The molecule has 1 unspecified atom stereocenters. The molecule has 2 amide bonds. The molecule has 5 N–H and O–H groups in total. The molecule has 0 aliphatic carbocycles. The molecule has 30 heavy (non-hydrogen) atoms. The van der Waals surface area contributed by atoms with Crippen LogP contribution in [-0.4, -0.2) is 46.3 Å². The second-order valence-electron chi connectivity index (χ2n) is 7.22. The molecule has 0 saturated heterocycles. The van der Waals surface area contributed by atoms with Gasteiger partial charge in [0.2, 0.25) is 5.91 Å². The highest BCUT2D eigenvalue weighted by Gasteiger charge is 2.30. The van der Waals surface area contributed by atoms with E-state index in [0.29, 0.717) is 0 Å². The van der Waals surface area contributed by atoms with Gasteiger partial charge in [-0.3, -0.25) is 9.36 Å². The van der Waals surface area contributed by atoms with Crippen molar-refractivity contribution in [2.24, 2.45) is 5.92 Å². The molecule has 0 bridgehead atoms.